The summed E-state index contributed by atoms with van der Waals surface area (Å²) >= 11 is 0. The number of nitrogens with zero attached hydrogens (tertiary/aromatic N) is 1. The number of rotatable bonds is 4. The van der Waals surface area contributed by atoms with Gasteiger partial charge in [-0.25, -0.2) is 9.18 Å². The van der Waals surface area contributed by atoms with Crippen molar-refractivity contribution in [2.24, 2.45) is 5.73 Å². The number of nitrogens with one attached hydrogen (secondary N) is 1. The van der Waals surface area contributed by atoms with E-state index in [9.17, 15) is 9.18 Å². The Kier molecular flexibility index (Phi) is 4.92. The molecule has 0 bridgehead atoms. The Morgan fingerprint density at radius 2 is 2.25 bits per heavy atom. The van der Waals surface area contributed by atoms with Crippen molar-refractivity contribution in [1.29, 1.82) is 0 Å². The van der Waals surface area contributed by atoms with Gasteiger partial charge < -0.3 is 15.8 Å². The van der Waals surface area contributed by atoms with E-state index < -0.39 is 6.09 Å². The molecule has 1 aromatic rings. The van der Waals surface area contributed by atoms with E-state index in [-0.39, 0.29) is 11.9 Å². The van der Waals surface area contributed by atoms with Crippen LogP contribution in [-0.4, -0.2) is 37.2 Å². The monoisotopic (exact) mass is 281 g/mol. The number of nitrogens with two attached hydrogens (primary N) is 1. The van der Waals surface area contributed by atoms with Crippen LogP contribution in [0, 0.1) is 5.82 Å². The van der Waals surface area contributed by atoms with Gasteiger partial charge in [-0.1, -0.05) is 6.07 Å². The van der Waals surface area contributed by atoms with E-state index in [0.717, 1.165) is 30.6 Å². The molecule has 1 aliphatic heterocycles. The molecular formula is C14H20FN3O2. The molecule has 0 aromatic heterocycles. The molecule has 5 nitrogen and oxygen atoms in total. The number of ether oxygens (including phenoxy) is 1. The first-order valence-electron chi connectivity index (χ1n) is 6.66. The molecule has 0 aliphatic carbocycles. The van der Waals surface area contributed by atoms with Crippen molar-refractivity contribution in [2.75, 3.05) is 20.2 Å². The minimum absolute atomic E-state index is 0.0880. The van der Waals surface area contributed by atoms with Crippen LogP contribution in [-0.2, 0) is 17.8 Å². The Balaban J connectivity index is 1.91. The Hall–Kier alpha value is -1.66. The number of carbonyl (C=O) groups is 1. The maximum absolute atomic E-state index is 13.4. The standard InChI is InChI=1S/C14H20FN3O2/c1-20-14(19)17-13-2-3-18(9-13)8-11-4-10(7-16)5-12(15)6-11/h4-6,13H,2-3,7-9,16H2,1H3,(H,17,19). The van der Waals surface area contributed by atoms with Crippen LogP contribution in [0.2, 0.25) is 0 Å². The smallest absolute Gasteiger partial charge is 0.407 e. The minimum atomic E-state index is -0.409. The third-order valence-corrected chi connectivity index (χ3v) is 3.44. The Morgan fingerprint density at radius 1 is 1.50 bits per heavy atom. The van der Waals surface area contributed by atoms with Gasteiger partial charge in [-0.15, -0.1) is 0 Å². The van der Waals surface area contributed by atoms with Gasteiger partial charge in [0.05, 0.1) is 7.11 Å². The van der Waals surface area contributed by atoms with Crippen LogP contribution in [0.5, 0.6) is 0 Å². The van der Waals surface area contributed by atoms with Crippen molar-refractivity contribution in [2.45, 2.75) is 25.6 Å². The zero-order valence-corrected chi connectivity index (χ0v) is 11.6. The lowest BCUT2D eigenvalue weighted by Gasteiger charge is -2.17. The molecule has 1 heterocycles. The molecule has 3 N–H and O–H groups in total. The lowest BCUT2D eigenvalue weighted by atomic mass is 10.1. The lowest BCUT2D eigenvalue weighted by Crippen LogP contribution is -2.36. The number of hydrogen-bond donors (Lipinski definition) is 2. The van der Waals surface area contributed by atoms with E-state index in [0.29, 0.717) is 13.1 Å². The number of likely N-dealkylation sites (tertiary alicyclic amines) is 1. The van der Waals surface area contributed by atoms with Crippen molar-refractivity contribution in [3.05, 3.63) is 35.1 Å². The molecule has 1 atom stereocenters. The zero-order chi connectivity index (χ0) is 14.5. The van der Waals surface area contributed by atoms with Crippen molar-refractivity contribution < 1.29 is 13.9 Å². The molecule has 1 saturated heterocycles. The van der Waals surface area contributed by atoms with Crippen LogP contribution in [0.1, 0.15) is 17.5 Å². The SMILES string of the molecule is COC(=O)NC1CCN(Cc2cc(F)cc(CN)c2)C1. The molecule has 2 rings (SSSR count). The average Bonchev–Trinajstić information content (AvgIpc) is 2.85. The van der Waals surface area contributed by atoms with Crippen LogP contribution in [0.3, 0.4) is 0 Å². The summed E-state index contributed by atoms with van der Waals surface area (Å²) in [5, 5.41) is 2.78. The second-order valence-electron chi connectivity index (χ2n) is 5.03. The van der Waals surface area contributed by atoms with E-state index in [4.69, 9.17) is 5.73 Å². The molecule has 20 heavy (non-hydrogen) atoms. The molecule has 6 heteroatoms. The highest BCUT2D eigenvalue weighted by atomic mass is 19.1. The third-order valence-electron chi connectivity index (χ3n) is 3.44. The maximum atomic E-state index is 13.4. The second-order valence-corrected chi connectivity index (χ2v) is 5.03. The molecule has 1 fully saturated rings. The van der Waals surface area contributed by atoms with Gasteiger partial charge in [-0.05, 0) is 29.7 Å². The number of amides is 1. The number of alkyl carbamates (subject to hydrolysis) is 1. The maximum Gasteiger partial charge on any atom is 0.407 e. The van der Waals surface area contributed by atoms with Crippen molar-refractivity contribution in [3.8, 4) is 0 Å². The van der Waals surface area contributed by atoms with Crippen LogP contribution >= 0.6 is 0 Å². The number of hydrogen-bond acceptors (Lipinski definition) is 4. The largest absolute Gasteiger partial charge is 0.453 e. The molecule has 0 spiro atoms. The summed E-state index contributed by atoms with van der Waals surface area (Å²) in [6.07, 6.45) is 0.460. The van der Waals surface area contributed by atoms with Crippen LogP contribution < -0.4 is 11.1 Å². The summed E-state index contributed by atoms with van der Waals surface area (Å²) in [5.74, 6) is -0.258. The topological polar surface area (TPSA) is 67.6 Å². The van der Waals surface area contributed by atoms with E-state index in [1.165, 1.54) is 19.2 Å². The molecule has 110 valence electrons. The first kappa shape index (κ1) is 14.7. The fraction of sp³-hybridized carbons (Fsp3) is 0.500. The van der Waals surface area contributed by atoms with E-state index in [1.54, 1.807) is 0 Å². The normalized spacial score (nSPS) is 19.1. The number of carbonyl (C=O) groups excluding carboxylic acids is 1. The summed E-state index contributed by atoms with van der Waals surface area (Å²) in [6.45, 7) is 2.59. The average molecular weight is 281 g/mol. The predicted molar refractivity (Wildman–Crippen MR) is 73.5 cm³/mol. The van der Waals surface area contributed by atoms with Crippen LogP contribution in [0.4, 0.5) is 9.18 Å². The van der Waals surface area contributed by atoms with Gasteiger partial charge >= 0.3 is 6.09 Å². The van der Waals surface area contributed by atoms with Crippen LogP contribution in [0.25, 0.3) is 0 Å². The number of methoxy groups -OCH3 is 1. The van der Waals surface area contributed by atoms with Crippen molar-refractivity contribution in [3.63, 3.8) is 0 Å². The zero-order valence-electron chi connectivity index (χ0n) is 11.6. The minimum Gasteiger partial charge on any atom is -0.453 e. The first-order chi connectivity index (χ1) is 9.60. The molecule has 1 aliphatic rings. The highest BCUT2D eigenvalue weighted by Gasteiger charge is 2.24. The summed E-state index contributed by atoms with van der Waals surface area (Å²) in [4.78, 5) is 13.3. The lowest BCUT2D eigenvalue weighted by molar-refractivity contribution is 0.166. The van der Waals surface area contributed by atoms with Gasteiger partial charge in [0.15, 0.2) is 0 Å². The van der Waals surface area contributed by atoms with Gasteiger partial charge in [-0.2, -0.15) is 0 Å². The summed E-state index contributed by atoms with van der Waals surface area (Å²) in [7, 11) is 1.35. The first-order valence-corrected chi connectivity index (χ1v) is 6.66. The quantitative estimate of drug-likeness (QED) is 0.870. The molecule has 1 aromatic carbocycles. The van der Waals surface area contributed by atoms with Gasteiger partial charge in [0.2, 0.25) is 0 Å². The summed E-state index contributed by atoms with van der Waals surface area (Å²) < 4.78 is 18.0. The molecule has 1 unspecified atom stereocenters. The second kappa shape index (κ2) is 6.67. The van der Waals surface area contributed by atoms with Crippen molar-refractivity contribution in [1.82, 2.24) is 10.2 Å². The van der Waals surface area contributed by atoms with Crippen molar-refractivity contribution >= 4 is 6.09 Å². The number of benzene rings is 1. The molecule has 1 amide bonds. The van der Waals surface area contributed by atoms with E-state index in [1.807, 2.05) is 6.07 Å². The molecule has 0 saturated carbocycles. The van der Waals surface area contributed by atoms with Gasteiger partial charge in [0.25, 0.3) is 0 Å². The fourth-order valence-electron chi connectivity index (χ4n) is 2.50. The van der Waals surface area contributed by atoms with Gasteiger partial charge in [0.1, 0.15) is 5.82 Å². The molecular weight excluding hydrogens is 261 g/mol. The van der Waals surface area contributed by atoms with E-state index >= 15 is 0 Å². The fourth-order valence-corrected chi connectivity index (χ4v) is 2.50. The summed E-state index contributed by atoms with van der Waals surface area (Å²) in [5.41, 5.74) is 7.25. The van der Waals surface area contributed by atoms with E-state index in [2.05, 4.69) is 15.0 Å². The Morgan fingerprint density at radius 3 is 2.95 bits per heavy atom. The predicted octanol–water partition coefficient (Wildman–Crippen LogP) is 1.21. The summed E-state index contributed by atoms with van der Waals surface area (Å²) in [6, 6.07) is 4.99. The highest BCUT2D eigenvalue weighted by molar-refractivity contribution is 5.67. The Labute approximate surface area is 117 Å². The van der Waals surface area contributed by atoms with Gasteiger partial charge in [-0.3, -0.25) is 4.90 Å². The molecule has 0 radical (unpaired) electrons. The highest BCUT2D eigenvalue weighted by Crippen LogP contribution is 2.16. The Bertz CT molecular complexity index is 481. The van der Waals surface area contributed by atoms with Crippen LogP contribution in [0.15, 0.2) is 18.2 Å². The number of halogens is 1. The van der Waals surface area contributed by atoms with Gasteiger partial charge in [0, 0.05) is 32.2 Å². The third kappa shape index (κ3) is 3.91.